The van der Waals surface area contributed by atoms with Crippen molar-refractivity contribution >= 4 is 15.9 Å². The fourth-order valence-corrected chi connectivity index (χ4v) is 1.71. The molecule has 0 fully saturated rings. The van der Waals surface area contributed by atoms with E-state index in [2.05, 4.69) is 37.6 Å². The maximum absolute atomic E-state index is 5.13. The first kappa shape index (κ1) is 10.4. The number of rotatable bonds is 4. The summed E-state index contributed by atoms with van der Waals surface area (Å²) in [5, 5.41) is 4.69. The summed E-state index contributed by atoms with van der Waals surface area (Å²) >= 11 is 3.33. The quantitative estimate of drug-likeness (QED) is 0.802. The second-order valence-corrected chi connectivity index (χ2v) is 3.85. The van der Waals surface area contributed by atoms with Gasteiger partial charge in [-0.25, -0.2) is 4.98 Å². The zero-order chi connectivity index (χ0) is 10.7. The van der Waals surface area contributed by atoms with Gasteiger partial charge < -0.3 is 9.09 Å². The van der Waals surface area contributed by atoms with Crippen LogP contribution in [-0.4, -0.2) is 14.7 Å². The molecule has 0 aliphatic rings. The third-order valence-corrected chi connectivity index (χ3v) is 2.68. The molecule has 0 aromatic carbocycles. The van der Waals surface area contributed by atoms with Gasteiger partial charge in [-0.2, -0.15) is 0 Å². The van der Waals surface area contributed by atoms with E-state index in [1.54, 1.807) is 0 Å². The summed E-state index contributed by atoms with van der Waals surface area (Å²) < 4.78 is 7.21. The van der Waals surface area contributed by atoms with Crippen molar-refractivity contribution in [1.82, 2.24) is 14.7 Å². The minimum absolute atomic E-state index is 0.682. The first-order valence-electron chi connectivity index (χ1n) is 4.87. The van der Waals surface area contributed by atoms with Crippen LogP contribution in [0.15, 0.2) is 23.1 Å². The van der Waals surface area contributed by atoms with E-state index in [1.807, 2.05) is 18.6 Å². The van der Waals surface area contributed by atoms with Crippen LogP contribution in [0.5, 0.6) is 0 Å². The Hall–Kier alpha value is -1.10. The van der Waals surface area contributed by atoms with Gasteiger partial charge in [-0.3, -0.25) is 0 Å². The lowest BCUT2D eigenvalue weighted by atomic mass is 10.3. The van der Waals surface area contributed by atoms with E-state index in [4.69, 9.17) is 4.52 Å². The molecule has 2 heterocycles. The van der Waals surface area contributed by atoms with Crippen molar-refractivity contribution in [1.29, 1.82) is 0 Å². The molecule has 0 radical (unpaired) electrons. The Bertz CT molecular complexity index is 435. The molecule has 0 N–H and O–H groups in total. The van der Waals surface area contributed by atoms with E-state index in [0.29, 0.717) is 5.33 Å². The lowest BCUT2D eigenvalue weighted by molar-refractivity contribution is 0.397. The second-order valence-electron chi connectivity index (χ2n) is 3.28. The van der Waals surface area contributed by atoms with Crippen LogP contribution in [0.1, 0.15) is 19.1 Å². The summed E-state index contributed by atoms with van der Waals surface area (Å²) in [7, 11) is 0. The molecule has 0 unspecified atom stereocenters. The highest BCUT2D eigenvalue weighted by Crippen LogP contribution is 2.20. The molecule has 2 aromatic heterocycles. The standard InChI is InChI=1S/C10H12BrN3O/c1-2-3-14-7-12-6-10(14)9-4-8(5-11)15-13-9/h4,6-7H,2-3,5H2,1H3. The van der Waals surface area contributed by atoms with Gasteiger partial charge in [-0.1, -0.05) is 28.0 Å². The molecule has 0 aliphatic carbocycles. The van der Waals surface area contributed by atoms with E-state index in [0.717, 1.165) is 30.1 Å². The predicted octanol–water partition coefficient (Wildman–Crippen LogP) is 2.84. The van der Waals surface area contributed by atoms with Gasteiger partial charge in [0.25, 0.3) is 0 Å². The van der Waals surface area contributed by atoms with Crippen LogP contribution in [0.2, 0.25) is 0 Å². The van der Waals surface area contributed by atoms with Crippen LogP contribution in [-0.2, 0) is 11.9 Å². The van der Waals surface area contributed by atoms with Crippen molar-refractivity contribution in [3.63, 3.8) is 0 Å². The molecule has 15 heavy (non-hydrogen) atoms. The topological polar surface area (TPSA) is 43.9 Å². The highest BCUT2D eigenvalue weighted by molar-refractivity contribution is 9.08. The van der Waals surface area contributed by atoms with E-state index < -0.39 is 0 Å². The predicted molar refractivity (Wildman–Crippen MR) is 60.6 cm³/mol. The van der Waals surface area contributed by atoms with Crippen molar-refractivity contribution in [3.05, 3.63) is 24.4 Å². The van der Waals surface area contributed by atoms with Crippen LogP contribution in [0, 0.1) is 0 Å². The average molecular weight is 270 g/mol. The number of hydrogen-bond donors (Lipinski definition) is 0. The van der Waals surface area contributed by atoms with Crippen LogP contribution < -0.4 is 0 Å². The molecule has 0 saturated heterocycles. The van der Waals surface area contributed by atoms with Crippen molar-refractivity contribution in [3.8, 4) is 11.4 Å². The lowest BCUT2D eigenvalue weighted by Crippen LogP contribution is -1.97. The van der Waals surface area contributed by atoms with Crippen molar-refractivity contribution in [2.45, 2.75) is 25.2 Å². The van der Waals surface area contributed by atoms with Gasteiger partial charge in [0.05, 0.1) is 23.5 Å². The van der Waals surface area contributed by atoms with Gasteiger partial charge in [0.15, 0.2) is 0 Å². The first-order valence-corrected chi connectivity index (χ1v) is 5.99. The summed E-state index contributed by atoms with van der Waals surface area (Å²) in [6, 6.07) is 1.93. The normalized spacial score (nSPS) is 10.8. The molecular formula is C10H12BrN3O. The Labute approximate surface area is 96.4 Å². The molecule has 0 bridgehead atoms. The number of aromatic nitrogens is 3. The summed E-state index contributed by atoms with van der Waals surface area (Å²) in [5.74, 6) is 0.828. The molecule has 5 heteroatoms. The van der Waals surface area contributed by atoms with Crippen LogP contribution in [0.25, 0.3) is 11.4 Å². The van der Waals surface area contributed by atoms with Gasteiger partial charge in [0, 0.05) is 12.6 Å². The molecular weight excluding hydrogens is 258 g/mol. The third kappa shape index (κ3) is 2.12. The smallest absolute Gasteiger partial charge is 0.147 e. The minimum atomic E-state index is 0.682. The van der Waals surface area contributed by atoms with Gasteiger partial charge in [0.2, 0.25) is 0 Å². The third-order valence-electron chi connectivity index (χ3n) is 2.13. The van der Waals surface area contributed by atoms with Gasteiger partial charge in [0.1, 0.15) is 11.5 Å². The molecule has 0 aliphatic heterocycles. The van der Waals surface area contributed by atoms with Crippen LogP contribution >= 0.6 is 15.9 Å². The fraction of sp³-hybridized carbons (Fsp3) is 0.400. The van der Waals surface area contributed by atoms with E-state index in [9.17, 15) is 0 Å². The maximum atomic E-state index is 5.13. The van der Waals surface area contributed by atoms with Gasteiger partial charge in [-0.15, -0.1) is 0 Å². The summed E-state index contributed by atoms with van der Waals surface area (Å²) in [6.45, 7) is 3.09. The van der Waals surface area contributed by atoms with Gasteiger partial charge >= 0.3 is 0 Å². The number of aryl methyl sites for hydroxylation is 1. The van der Waals surface area contributed by atoms with Crippen LogP contribution in [0.3, 0.4) is 0 Å². The Morgan fingerprint density at radius 2 is 2.40 bits per heavy atom. The molecule has 80 valence electrons. The fourth-order valence-electron chi connectivity index (χ4n) is 1.45. The average Bonchev–Trinajstić information content (AvgIpc) is 2.85. The number of hydrogen-bond acceptors (Lipinski definition) is 3. The van der Waals surface area contributed by atoms with Crippen molar-refractivity contribution in [2.24, 2.45) is 0 Å². The second kappa shape index (κ2) is 4.61. The first-order chi connectivity index (χ1) is 7.35. The highest BCUT2D eigenvalue weighted by atomic mass is 79.9. The van der Waals surface area contributed by atoms with Gasteiger partial charge in [-0.05, 0) is 6.42 Å². The zero-order valence-electron chi connectivity index (χ0n) is 8.48. The minimum Gasteiger partial charge on any atom is -0.360 e. The number of imidazole rings is 1. The molecule has 4 nitrogen and oxygen atoms in total. The van der Waals surface area contributed by atoms with E-state index >= 15 is 0 Å². The Morgan fingerprint density at radius 1 is 1.53 bits per heavy atom. The Kier molecular flexibility index (Phi) is 3.20. The highest BCUT2D eigenvalue weighted by Gasteiger charge is 2.09. The van der Waals surface area contributed by atoms with E-state index in [-0.39, 0.29) is 0 Å². The SMILES string of the molecule is CCCn1cncc1-c1cc(CBr)on1. The Morgan fingerprint density at radius 3 is 3.07 bits per heavy atom. The number of halogens is 1. The number of alkyl halides is 1. The van der Waals surface area contributed by atoms with E-state index in [1.165, 1.54) is 0 Å². The monoisotopic (exact) mass is 269 g/mol. The zero-order valence-corrected chi connectivity index (χ0v) is 10.1. The summed E-state index contributed by atoms with van der Waals surface area (Å²) in [4.78, 5) is 4.12. The summed E-state index contributed by atoms with van der Waals surface area (Å²) in [5.41, 5.74) is 1.85. The molecule has 2 rings (SSSR count). The number of nitrogens with zero attached hydrogens (tertiary/aromatic N) is 3. The van der Waals surface area contributed by atoms with Crippen molar-refractivity contribution in [2.75, 3.05) is 0 Å². The Balaban J connectivity index is 2.31. The molecule has 0 atom stereocenters. The molecule has 0 amide bonds. The van der Waals surface area contributed by atoms with Crippen LogP contribution in [0.4, 0.5) is 0 Å². The largest absolute Gasteiger partial charge is 0.360 e. The molecule has 0 spiro atoms. The molecule has 0 saturated carbocycles. The summed E-state index contributed by atoms with van der Waals surface area (Å²) in [6.07, 6.45) is 4.71. The molecule has 2 aromatic rings. The lowest BCUT2D eigenvalue weighted by Gasteiger charge is -2.02. The van der Waals surface area contributed by atoms with Crippen molar-refractivity contribution < 1.29 is 4.52 Å². The maximum Gasteiger partial charge on any atom is 0.147 e.